The standard InChI is InChI=1S/C23H28N2O3/c1-16(2)18-6-8-20(9-7-18)25-15-19(14-22(25)26)23(27)24-13-12-17-4-10-21(28-3)11-5-17/h4-11,16,19H,12-15H2,1-3H3,(H,24,27). The fourth-order valence-electron chi connectivity index (χ4n) is 3.44. The average molecular weight is 380 g/mol. The summed E-state index contributed by atoms with van der Waals surface area (Å²) in [5, 5.41) is 2.97. The average Bonchev–Trinajstić information content (AvgIpc) is 3.10. The van der Waals surface area contributed by atoms with Crippen LogP contribution in [0, 0.1) is 5.92 Å². The van der Waals surface area contributed by atoms with Crippen LogP contribution in [-0.4, -0.2) is 32.0 Å². The Morgan fingerprint density at radius 2 is 1.82 bits per heavy atom. The zero-order valence-electron chi connectivity index (χ0n) is 16.8. The van der Waals surface area contributed by atoms with Gasteiger partial charge in [-0.3, -0.25) is 9.59 Å². The molecule has 1 N–H and O–H groups in total. The highest BCUT2D eigenvalue weighted by atomic mass is 16.5. The van der Waals surface area contributed by atoms with Crippen LogP contribution in [0.3, 0.4) is 0 Å². The second-order valence-corrected chi connectivity index (χ2v) is 7.54. The Bertz CT molecular complexity index is 813. The number of anilines is 1. The molecule has 0 spiro atoms. The number of nitrogens with one attached hydrogen (secondary N) is 1. The first-order valence-electron chi connectivity index (χ1n) is 9.79. The number of hydrogen-bond acceptors (Lipinski definition) is 3. The molecule has 0 aromatic heterocycles. The number of rotatable bonds is 7. The van der Waals surface area contributed by atoms with Gasteiger partial charge in [0.2, 0.25) is 11.8 Å². The molecule has 3 rings (SSSR count). The van der Waals surface area contributed by atoms with Crippen molar-refractivity contribution in [1.29, 1.82) is 0 Å². The van der Waals surface area contributed by atoms with Crippen LogP contribution in [0.4, 0.5) is 5.69 Å². The van der Waals surface area contributed by atoms with Crippen molar-refractivity contribution in [1.82, 2.24) is 5.32 Å². The maximum Gasteiger partial charge on any atom is 0.227 e. The lowest BCUT2D eigenvalue weighted by atomic mass is 10.0. The van der Waals surface area contributed by atoms with Crippen molar-refractivity contribution < 1.29 is 14.3 Å². The summed E-state index contributed by atoms with van der Waals surface area (Å²) in [6.07, 6.45) is 1.01. The topological polar surface area (TPSA) is 58.6 Å². The predicted octanol–water partition coefficient (Wildman–Crippen LogP) is 3.53. The summed E-state index contributed by atoms with van der Waals surface area (Å²) in [7, 11) is 1.64. The van der Waals surface area contributed by atoms with Gasteiger partial charge in [0.15, 0.2) is 0 Å². The van der Waals surface area contributed by atoms with Gasteiger partial charge in [0, 0.05) is 25.2 Å². The highest BCUT2D eigenvalue weighted by molar-refractivity contribution is 6.00. The van der Waals surface area contributed by atoms with Gasteiger partial charge in [0.25, 0.3) is 0 Å². The molecular weight excluding hydrogens is 352 g/mol. The molecule has 1 atom stereocenters. The van der Waals surface area contributed by atoms with E-state index in [1.54, 1.807) is 12.0 Å². The second-order valence-electron chi connectivity index (χ2n) is 7.54. The Balaban J connectivity index is 1.51. The van der Waals surface area contributed by atoms with Gasteiger partial charge in [0.1, 0.15) is 5.75 Å². The molecule has 0 bridgehead atoms. The third-order valence-electron chi connectivity index (χ3n) is 5.24. The van der Waals surface area contributed by atoms with Crippen molar-refractivity contribution in [3.8, 4) is 5.75 Å². The molecule has 0 aliphatic carbocycles. The number of carbonyl (C=O) groups excluding carboxylic acids is 2. The maximum atomic E-state index is 12.5. The highest BCUT2D eigenvalue weighted by Crippen LogP contribution is 2.27. The normalized spacial score (nSPS) is 16.5. The van der Waals surface area contributed by atoms with Crippen LogP contribution >= 0.6 is 0 Å². The van der Waals surface area contributed by atoms with Crippen LogP contribution in [0.1, 0.15) is 37.3 Å². The molecule has 1 saturated heterocycles. The molecular formula is C23H28N2O3. The van der Waals surface area contributed by atoms with Gasteiger partial charge < -0.3 is 15.0 Å². The third-order valence-corrected chi connectivity index (χ3v) is 5.24. The van der Waals surface area contributed by atoms with Crippen molar-refractivity contribution in [2.24, 2.45) is 5.92 Å². The van der Waals surface area contributed by atoms with E-state index in [0.29, 0.717) is 19.0 Å². The monoisotopic (exact) mass is 380 g/mol. The van der Waals surface area contributed by atoms with Gasteiger partial charge in [-0.15, -0.1) is 0 Å². The smallest absolute Gasteiger partial charge is 0.227 e. The molecule has 2 aromatic carbocycles. The Labute approximate surface area is 166 Å². The molecule has 1 unspecified atom stereocenters. The lowest BCUT2D eigenvalue weighted by Gasteiger charge is -2.18. The number of methoxy groups -OCH3 is 1. The van der Waals surface area contributed by atoms with Crippen LogP contribution in [0.2, 0.25) is 0 Å². The largest absolute Gasteiger partial charge is 0.497 e. The van der Waals surface area contributed by atoms with Gasteiger partial charge >= 0.3 is 0 Å². The molecule has 1 aliphatic rings. The first-order valence-corrected chi connectivity index (χ1v) is 9.79. The number of amides is 2. The zero-order valence-corrected chi connectivity index (χ0v) is 16.8. The van der Waals surface area contributed by atoms with Crippen molar-refractivity contribution in [2.45, 2.75) is 32.6 Å². The first-order chi connectivity index (χ1) is 13.5. The number of carbonyl (C=O) groups is 2. The molecule has 1 aliphatic heterocycles. The molecule has 148 valence electrons. The lowest BCUT2D eigenvalue weighted by molar-refractivity contribution is -0.126. The third kappa shape index (κ3) is 4.71. The van der Waals surface area contributed by atoms with E-state index in [1.165, 1.54) is 5.56 Å². The fraction of sp³-hybridized carbons (Fsp3) is 0.391. The predicted molar refractivity (Wildman–Crippen MR) is 111 cm³/mol. The van der Waals surface area contributed by atoms with E-state index in [9.17, 15) is 9.59 Å². The summed E-state index contributed by atoms with van der Waals surface area (Å²) in [5.41, 5.74) is 3.24. The van der Waals surface area contributed by atoms with Crippen LogP contribution in [0.5, 0.6) is 5.75 Å². The molecule has 28 heavy (non-hydrogen) atoms. The second kappa shape index (κ2) is 8.91. The zero-order chi connectivity index (χ0) is 20.1. The van der Waals surface area contributed by atoms with E-state index in [1.807, 2.05) is 36.4 Å². The summed E-state index contributed by atoms with van der Waals surface area (Å²) in [6.45, 7) is 5.28. The Morgan fingerprint density at radius 3 is 2.43 bits per heavy atom. The summed E-state index contributed by atoms with van der Waals surface area (Å²) in [4.78, 5) is 26.6. The summed E-state index contributed by atoms with van der Waals surface area (Å²) < 4.78 is 5.15. The van der Waals surface area contributed by atoms with Crippen molar-refractivity contribution >= 4 is 17.5 Å². The maximum absolute atomic E-state index is 12.5. The molecule has 2 amide bonds. The van der Waals surface area contributed by atoms with Gasteiger partial charge in [-0.1, -0.05) is 38.1 Å². The van der Waals surface area contributed by atoms with E-state index in [4.69, 9.17) is 4.74 Å². The molecule has 2 aromatic rings. The van der Waals surface area contributed by atoms with E-state index >= 15 is 0 Å². The minimum absolute atomic E-state index is 0.00704. The lowest BCUT2D eigenvalue weighted by Crippen LogP contribution is -2.34. The molecule has 0 saturated carbocycles. The van der Waals surface area contributed by atoms with Crippen LogP contribution < -0.4 is 15.0 Å². The Morgan fingerprint density at radius 1 is 1.14 bits per heavy atom. The van der Waals surface area contributed by atoms with Crippen molar-refractivity contribution in [3.63, 3.8) is 0 Å². The Kier molecular flexibility index (Phi) is 6.34. The number of hydrogen-bond donors (Lipinski definition) is 1. The Hall–Kier alpha value is -2.82. The summed E-state index contributed by atoms with van der Waals surface area (Å²) in [5.74, 6) is 0.926. The number of ether oxygens (including phenoxy) is 1. The number of benzene rings is 2. The van der Waals surface area contributed by atoms with Gasteiger partial charge in [0.05, 0.1) is 13.0 Å². The first kappa shape index (κ1) is 19.9. The summed E-state index contributed by atoms with van der Waals surface area (Å²) in [6, 6.07) is 15.9. The minimum atomic E-state index is -0.298. The van der Waals surface area contributed by atoms with E-state index in [-0.39, 0.29) is 24.2 Å². The fourth-order valence-corrected chi connectivity index (χ4v) is 3.44. The SMILES string of the molecule is COc1ccc(CCNC(=O)C2CC(=O)N(c3ccc(C(C)C)cc3)C2)cc1. The van der Waals surface area contributed by atoms with E-state index in [2.05, 4.69) is 31.3 Å². The molecule has 0 radical (unpaired) electrons. The van der Waals surface area contributed by atoms with Gasteiger partial charge in [-0.25, -0.2) is 0 Å². The van der Waals surface area contributed by atoms with Gasteiger partial charge in [-0.2, -0.15) is 0 Å². The molecule has 5 nitrogen and oxygen atoms in total. The molecule has 1 fully saturated rings. The number of nitrogens with zero attached hydrogens (tertiary/aromatic N) is 1. The summed E-state index contributed by atoms with van der Waals surface area (Å²) >= 11 is 0. The quantitative estimate of drug-likeness (QED) is 0.799. The van der Waals surface area contributed by atoms with E-state index < -0.39 is 0 Å². The van der Waals surface area contributed by atoms with Crippen molar-refractivity contribution in [2.75, 3.05) is 25.1 Å². The van der Waals surface area contributed by atoms with Crippen LogP contribution in [0.25, 0.3) is 0 Å². The van der Waals surface area contributed by atoms with Gasteiger partial charge in [-0.05, 0) is 47.7 Å². The van der Waals surface area contributed by atoms with Crippen LogP contribution in [-0.2, 0) is 16.0 Å². The minimum Gasteiger partial charge on any atom is -0.497 e. The van der Waals surface area contributed by atoms with Crippen molar-refractivity contribution in [3.05, 3.63) is 59.7 Å². The van der Waals surface area contributed by atoms with Crippen LogP contribution in [0.15, 0.2) is 48.5 Å². The van der Waals surface area contributed by atoms with E-state index in [0.717, 1.165) is 23.4 Å². The molecule has 5 heteroatoms. The molecule has 1 heterocycles. The highest BCUT2D eigenvalue weighted by Gasteiger charge is 2.34.